The summed E-state index contributed by atoms with van der Waals surface area (Å²) < 4.78 is 78.6. The van der Waals surface area contributed by atoms with Gasteiger partial charge in [-0.15, -0.1) is 6.07 Å². The van der Waals surface area contributed by atoms with E-state index in [0.717, 1.165) is 22.8 Å². The van der Waals surface area contributed by atoms with E-state index in [1.165, 1.54) is 23.8 Å². The molecule has 0 fully saturated rings. The van der Waals surface area contributed by atoms with Crippen LogP contribution in [0.4, 0.5) is 26.3 Å². The van der Waals surface area contributed by atoms with Crippen molar-refractivity contribution in [1.82, 2.24) is 105 Å². The number of pyridine rings is 5. The van der Waals surface area contributed by atoms with E-state index in [1.54, 1.807) is 49.6 Å². The van der Waals surface area contributed by atoms with Crippen molar-refractivity contribution in [3.05, 3.63) is 200 Å². The molecule has 11 heterocycles. The molecule has 0 unspecified atom stereocenters. The zero-order chi connectivity index (χ0) is 61.2. The van der Waals surface area contributed by atoms with Crippen LogP contribution in [-0.2, 0) is 100 Å². The number of alkyl halides is 6. The predicted octanol–water partition coefficient (Wildman–Crippen LogP) is 10.1. The van der Waals surface area contributed by atoms with Crippen LogP contribution >= 0.6 is 0 Å². The van der Waals surface area contributed by atoms with Crippen LogP contribution < -0.4 is 20.4 Å². The third kappa shape index (κ3) is 21.5. The number of hydrogen-bond donors (Lipinski definition) is 0. The van der Waals surface area contributed by atoms with Crippen LogP contribution in [-0.4, -0.2) is 84.4 Å². The molecule has 21 nitrogen and oxygen atoms in total. The second-order valence-corrected chi connectivity index (χ2v) is 19.9. The summed E-state index contributed by atoms with van der Waals surface area (Å²) in [4.78, 5) is 44.2. The smallest absolute Gasteiger partial charge is 0.420 e. The number of imidazole rings is 2. The number of nitrogens with zero attached hydrogens (tertiary/aromatic N) is 21. The Labute approximate surface area is 545 Å². The Hall–Kier alpha value is -8.41. The number of aryl methyl sites for hydroxylation is 3. The number of benzene rings is 1. The number of hydrogen-bond acceptors (Lipinski definition) is 15. The minimum atomic E-state index is -4.77. The molecule has 462 valence electrons. The van der Waals surface area contributed by atoms with Crippen molar-refractivity contribution in [3.63, 3.8) is 0 Å². The van der Waals surface area contributed by atoms with Gasteiger partial charge in [0.1, 0.15) is 11.6 Å². The van der Waals surface area contributed by atoms with Crippen LogP contribution in [0.3, 0.4) is 0 Å². The van der Waals surface area contributed by atoms with Crippen LogP contribution in [0.1, 0.15) is 70.4 Å². The fourth-order valence-corrected chi connectivity index (χ4v) is 6.61. The quantitative estimate of drug-likeness (QED) is 0.111. The number of halogens is 6. The molecule has 88 heavy (non-hydrogen) atoms. The first-order chi connectivity index (χ1) is 40.4. The van der Waals surface area contributed by atoms with Gasteiger partial charge in [0, 0.05) is 86.1 Å². The third-order valence-electron chi connectivity index (χ3n) is 10.9. The van der Waals surface area contributed by atoms with Crippen molar-refractivity contribution < 1.29 is 89.5 Å². The zero-order valence-corrected chi connectivity index (χ0v) is 54.9. The average Bonchev–Trinajstić information content (AvgIpc) is 4.55. The first-order valence-corrected chi connectivity index (χ1v) is 25.5. The maximum atomic E-state index is 12.5. The van der Waals surface area contributed by atoms with Gasteiger partial charge in [0.05, 0.1) is 34.4 Å². The molecule has 11 aromatic heterocycles. The van der Waals surface area contributed by atoms with E-state index in [2.05, 4.69) is 156 Å². The summed E-state index contributed by atoms with van der Waals surface area (Å²) in [6.45, 7) is 14.4. The van der Waals surface area contributed by atoms with Gasteiger partial charge >= 0.3 is 75.5 Å². The van der Waals surface area contributed by atoms with E-state index < -0.39 is 35.7 Å². The van der Waals surface area contributed by atoms with Gasteiger partial charge in [-0.1, -0.05) is 83.9 Å². The van der Waals surface area contributed by atoms with E-state index in [1.807, 2.05) is 114 Å². The van der Waals surface area contributed by atoms with Crippen molar-refractivity contribution in [1.29, 1.82) is 0 Å². The molecular weight excluding hydrogens is 1690 g/mol. The van der Waals surface area contributed by atoms with Gasteiger partial charge in [0.15, 0.2) is 0 Å². The predicted molar refractivity (Wildman–Crippen MR) is 299 cm³/mol. The Morgan fingerprint density at radius 1 is 0.409 bits per heavy atom. The van der Waals surface area contributed by atoms with Gasteiger partial charge in [0.2, 0.25) is 0 Å². The van der Waals surface area contributed by atoms with Gasteiger partial charge in [-0.05, 0) is 84.2 Å². The second-order valence-electron chi connectivity index (χ2n) is 19.9. The van der Waals surface area contributed by atoms with E-state index >= 15 is 0 Å². The molecule has 12 aromatic rings. The Morgan fingerprint density at radius 2 is 0.739 bits per heavy atom. The summed E-state index contributed by atoms with van der Waals surface area (Å²) in [5.41, 5.74) is 3.76. The monoisotopic (exact) mass is 1740 g/mol. The van der Waals surface area contributed by atoms with Crippen molar-refractivity contribution in [2.75, 3.05) is 0 Å². The van der Waals surface area contributed by atoms with Gasteiger partial charge in [-0.25, -0.2) is 9.97 Å². The molecule has 0 saturated carbocycles. The molecule has 0 aliphatic carbocycles. The van der Waals surface area contributed by atoms with Crippen molar-refractivity contribution >= 4 is 0 Å². The average molecular weight is 1740 g/mol. The molecular formula is C58H53F6N21Pt3. The molecule has 0 aliphatic heterocycles. The maximum absolute atomic E-state index is 12.5. The molecule has 0 N–H and O–H groups in total. The van der Waals surface area contributed by atoms with Crippen LogP contribution in [0, 0.1) is 19.1 Å². The topological polar surface area (TPSA) is 260 Å². The Kier molecular flexibility index (Phi) is 27.1. The molecule has 0 radical (unpaired) electrons. The number of rotatable bonds is 6. The summed E-state index contributed by atoms with van der Waals surface area (Å²) >= 11 is 0. The number of aromatic nitrogens is 21. The van der Waals surface area contributed by atoms with E-state index in [4.69, 9.17) is 0 Å². The van der Waals surface area contributed by atoms with Crippen molar-refractivity contribution in [2.45, 2.75) is 71.6 Å². The molecule has 30 heteroatoms. The first kappa shape index (κ1) is 72.1. The Bertz CT molecular complexity index is 3510. The van der Waals surface area contributed by atoms with Crippen LogP contribution in [0.2, 0.25) is 0 Å². The fourth-order valence-electron chi connectivity index (χ4n) is 6.61. The minimum Gasteiger partial charge on any atom is -0.420 e. The molecule has 0 spiro atoms. The molecule has 0 bridgehead atoms. The van der Waals surface area contributed by atoms with E-state index in [0.29, 0.717) is 34.7 Å². The Balaban J connectivity index is 0.000000242. The van der Waals surface area contributed by atoms with Crippen molar-refractivity contribution in [2.24, 2.45) is 14.1 Å². The van der Waals surface area contributed by atoms with Gasteiger partial charge in [-0.2, -0.15) is 62.2 Å². The van der Waals surface area contributed by atoms with Crippen LogP contribution in [0.25, 0.3) is 68.8 Å². The van der Waals surface area contributed by atoms with Gasteiger partial charge in [0.25, 0.3) is 0 Å². The van der Waals surface area contributed by atoms with Gasteiger partial charge in [-0.3, -0.25) is 40.3 Å². The van der Waals surface area contributed by atoms with Crippen LogP contribution in [0.15, 0.2) is 159 Å². The molecule has 1 aromatic carbocycles. The summed E-state index contributed by atoms with van der Waals surface area (Å²) in [5.74, 6) is 0.355. The third-order valence-corrected chi connectivity index (χ3v) is 10.9. The largest absolute Gasteiger partial charge is 2.00 e. The maximum Gasteiger partial charge on any atom is 2.00 e. The minimum absolute atomic E-state index is 0. The summed E-state index contributed by atoms with van der Waals surface area (Å²) in [7, 11) is 3.90. The molecule has 12 rings (SSSR count). The molecule has 0 saturated heterocycles. The van der Waals surface area contributed by atoms with Gasteiger partial charge < -0.3 is 54.4 Å². The van der Waals surface area contributed by atoms with E-state index in [9.17, 15) is 26.3 Å². The van der Waals surface area contributed by atoms with Crippen molar-refractivity contribution in [3.8, 4) is 68.8 Å². The summed E-state index contributed by atoms with van der Waals surface area (Å²) in [5, 5.41) is 28.9. The summed E-state index contributed by atoms with van der Waals surface area (Å²) in [6.07, 6.45) is 8.29. The zero-order valence-electron chi connectivity index (χ0n) is 48.1. The standard InChI is InChI=1S/C17H21N7.C13H12N5.C11H3F6N7.C7H7.2C5H5N.3Pt/c1-16(2,3)14-19-12(21-23-14)10-8-7-9-11(18-10)13-20-15(24-22-13)17(4,5)6;1-17-5-3-15-12(17)10-7-11(9-14-8-10)13-16-4-6-18(13)2;12-10(13,14)8-19-6(21-23-8)4-2-1-3-5(18-4)7-20-9(24-22-7)11(15,16)17;1-7-5-3-2-4-6-7;2*1-2-4-6-5-3-1;;;/h7-9H,1-6H3;3-6,8-9H,1-2H3;1-3H;3-6H,1H3;2*1-5H;;;/q-2;-1;-2;-1;;;3*+2. The SMILES string of the molecule is CC(C)(C)c1n[n-]c(-c2cccc(-c3nc(C(C)(C)C)n[n-]3)n2)n1.Cc1cc[c-]cc1.Cn1ccnc1-c1[c-]c(-c2nccn2C)cnc1.FC(F)(F)c1n[n-]c(-c2cccc(-c3nc(C(F)(F)F)n[n-]3)n2)n1.[Pt+2].[Pt+2].[Pt+2].c1ccncc1.c1ccncc1. The fraction of sp³-hybridized carbons (Fsp3) is 0.224. The Morgan fingerprint density at radius 3 is 0.966 bits per heavy atom. The normalized spacial score (nSPS) is 10.9. The van der Waals surface area contributed by atoms with Crippen LogP contribution in [0.5, 0.6) is 0 Å². The molecule has 0 aliphatic rings. The molecule has 0 atom stereocenters. The summed E-state index contributed by atoms with van der Waals surface area (Å²) in [6, 6.07) is 35.0. The first-order valence-electron chi connectivity index (χ1n) is 25.5. The second kappa shape index (κ2) is 33.1. The molecule has 0 amide bonds. The van der Waals surface area contributed by atoms with E-state index in [-0.39, 0.29) is 85.4 Å².